The summed E-state index contributed by atoms with van der Waals surface area (Å²) < 4.78 is 9.28. The van der Waals surface area contributed by atoms with Crippen LogP contribution >= 0.6 is 11.6 Å². The fraction of sp³-hybridized carbons (Fsp3) is 0.318. The number of hydrogen-bond acceptors (Lipinski definition) is 6. The fourth-order valence-electron chi connectivity index (χ4n) is 3.46. The van der Waals surface area contributed by atoms with Crippen LogP contribution in [0, 0.1) is 0 Å². The second-order valence-corrected chi connectivity index (χ2v) is 7.82. The highest BCUT2D eigenvalue weighted by molar-refractivity contribution is 6.30. The van der Waals surface area contributed by atoms with E-state index in [0.717, 1.165) is 41.9 Å². The molecule has 0 amide bonds. The van der Waals surface area contributed by atoms with E-state index >= 15 is 0 Å². The van der Waals surface area contributed by atoms with Crippen LogP contribution in [-0.4, -0.2) is 40.7 Å². The van der Waals surface area contributed by atoms with Gasteiger partial charge in [0.15, 0.2) is 11.0 Å². The fourth-order valence-corrected chi connectivity index (χ4v) is 3.71. The van der Waals surface area contributed by atoms with Crippen molar-refractivity contribution in [1.29, 1.82) is 0 Å². The number of imidazole rings is 1. The number of ether oxygens (including phenoxy) is 1. The van der Waals surface area contributed by atoms with Gasteiger partial charge in [0.05, 0.1) is 5.69 Å². The van der Waals surface area contributed by atoms with Crippen LogP contribution < -0.4 is 0 Å². The predicted molar refractivity (Wildman–Crippen MR) is 119 cm³/mol. The van der Waals surface area contributed by atoms with Gasteiger partial charge >= 0.3 is 5.97 Å². The minimum atomic E-state index is -0.347. The molecule has 3 aromatic heterocycles. The lowest BCUT2D eigenvalue weighted by atomic mass is 10.2. The summed E-state index contributed by atoms with van der Waals surface area (Å²) in [6, 6.07) is 10.2. The zero-order valence-corrected chi connectivity index (χ0v) is 18.7. The number of hydrogen-bond donors (Lipinski definition) is 1. The Kier molecular flexibility index (Phi) is 6.65. The van der Waals surface area contributed by atoms with Crippen molar-refractivity contribution in [2.75, 3.05) is 0 Å². The lowest BCUT2D eigenvalue weighted by Gasteiger charge is -2.13. The second-order valence-electron chi connectivity index (χ2n) is 7.46. The molecule has 32 heavy (non-hydrogen) atoms. The molecular weight excluding hydrogens is 430 g/mol. The van der Waals surface area contributed by atoms with Crippen LogP contribution in [0.3, 0.4) is 0 Å². The molecule has 0 aliphatic rings. The zero-order valence-electron chi connectivity index (χ0n) is 18.0. The van der Waals surface area contributed by atoms with Gasteiger partial charge in [0.2, 0.25) is 0 Å². The smallest absolute Gasteiger partial charge is 0.303 e. The average molecular weight is 454 g/mol. The largest absolute Gasteiger partial charge is 0.459 e. The number of unbranched alkanes of at least 4 members (excludes halogenated alkanes) is 1. The number of carbonyl (C=O) groups excluding carboxylic acids is 1. The van der Waals surface area contributed by atoms with Crippen molar-refractivity contribution in [3.8, 4) is 17.1 Å². The number of rotatable bonds is 9. The van der Waals surface area contributed by atoms with Gasteiger partial charge in [0.25, 0.3) is 0 Å². The molecule has 0 aliphatic carbocycles. The lowest BCUT2D eigenvalue weighted by Crippen LogP contribution is -2.11. The molecule has 9 nitrogen and oxygen atoms in total. The molecule has 0 saturated heterocycles. The first kappa shape index (κ1) is 21.8. The van der Waals surface area contributed by atoms with Gasteiger partial charge in [-0.15, -0.1) is 5.10 Å². The number of benzene rings is 1. The summed E-state index contributed by atoms with van der Waals surface area (Å²) in [5.74, 6) is 1.18. The van der Waals surface area contributed by atoms with Crippen LogP contribution in [0.2, 0.25) is 5.15 Å². The van der Waals surface area contributed by atoms with E-state index in [1.54, 1.807) is 0 Å². The Hall–Kier alpha value is -3.46. The van der Waals surface area contributed by atoms with Crippen LogP contribution in [0.4, 0.5) is 0 Å². The molecule has 0 bridgehead atoms. The molecule has 166 valence electrons. The minimum Gasteiger partial charge on any atom is -0.459 e. The third kappa shape index (κ3) is 4.88. The van der Waals surface area contributed by atoms with Gasteiger partial charge < -0.3 is 13.9 Å². The summed E-state index contributed by atoms with van der Waals surface area (Å²) in [6.07, 6.45) is 6.81. The number of tetrazole rings is 1. The van der Waals surface area contributed by atoms with Gasteiger partial charge in [-0.3, -0.25) is 4.79 Å². The average Bonchev–Trinajstić information content (AvgIpc) is 3.52. The van der Waals surface area contributed by atoms with E-state index in [4.69, 9.17) is 16.3 Å². The van der Waals surface area contributed by atoms with Crippen molar-refractivity contribution < 1.29 is 9.53 Å². The molecule has 0 unspecified atom stereocenters. The molecule has 0 saturated carbocycles. The number of H-pyrrole nitrogens is 1. The second kappa shape index (κ2) is 9.78. The number of carbonyl (C=O) groups is 1. The molecule has 0 atom stereocenters. The molecule has 1 N–H and O–H groups in total. The van der Waals surface area contributed by atoms with Crippen molar-refractivity contribution in [2.45, 2.75) is 46.3 Å². The minimum absolute atomic E-state index is 0.105. The number of aromatic amines is 1. The molecule has 0 radical (unpaired) electrons. The van der Waals surface area contributed by atoms with E-state index in [-0.39, 0.29) is 12.6 Å². The molecule has 1 aromatic carbocycles. The predicted octanol–water partition coefficient (Wildman–Crippen LogP) is 3.96. The van der Waals surface area contributed by atoms with Gasteiger partial charge in [-0.2, -0.15) is 0 Å². The van der Waals surface area contributed by atoms with Crippen molar-refractivity contribution in [1.82, 2.24) is 34.7 Å². The highest BCUT2D eigenvalue weighted by atomic mass is 35.5. The maximum Gasteiger partial charge on any atom is 0.303 e. The highest BCUT2D eigenvalue weighted by Crippen LogP contribution is 2.23. The third-order valence-corrected chi connectivity index (χ3v) is 5.46. The SMILES string of the molecule is CCCCc1nc(Cl)c(COC(C)=O)n1Cc1ccc(-n2ccc(-c3nnn[nH]3)c2)cc1. The number of nitrogens with one attached hydrogen (secondary N) is 1. The van der Waals surface area contributed by atoms with Crippen molar-refractivity contribution in [3.05, 3.63) is 65.0 Å². The first-order valence-corrected chi connectivity index (χ1v) is 10.8. The van der Waals surface area contributed by atoms with Gasteiger partial charge in [-0.1, -0.05) is 37.1 Å². The first-order valence-electron chi connectivity index (χ1n) is 10.4. The van der Waals surface area contributed by atoms with E-state index in [9.17, 15) is 4.79 Å². The van der Waals surface area contributed by atoms with E-state index in [1.807, 2.05) is 35.2 Å². The monoisotopic (exact) mass is 453 g/mol. The van der Waals surface area contributed by atoms with E-state index in [0.29, 0.717) is 23.2 Å². The Morgan fingerprint density at radius 2 is 2.03 bits per heavy atom. The number of nitrogens with zero attached hydrogens (tertiary/aromatic N) is 6. The summed E-state index contributed by atoms with van der Waals surface area (Å²) >= 11 is 6.39. The van der Waals surface area contributed by atoms with Gasteiger partial charge in [-0.05, 0) is 40.6 Å². The Labute approximate surface area is 190 Å². The van der Waals surface area contributed by atoms with Gasteiger partial charge in [0, 0.05) is 43.5 Å². The maximum absolute atomic E-state index is 11.3. The maximum atomic E-state index is 11.3. The molecular formula is C22H24ClN7O2. The molecule has 3 heterocycles. The molecule has 0 spiro atoms. The van der Waals surface area contributed by atoms with Crippen molar-refractivity contribution >= 4 is 17.6 Å². The standard InChI is InChI=1S/C22H24ClN7O2/c1-3-4-5-20-24-21(23)19(14-32-15(2)31)30(20)12-16-6-8-18(9-7-16)29-11-10-17(13-29)22-25-27-28-26-22/h6-11,13H,3-5,12,14H2,1-2H3,(H,25,26,27,28). The third-order valence-electron chi connectivity index (χ3n) is 5.16. The molecule has 0 aliphatic heterocycles. The van der Waals surface area contributed by atoms with Crippen molar-refractivity contribution in [3.63, 3.8) is 0 Å². The van der Waals surface area contributed by atoms with E-state index in [1.165, 1.54) is 6.92 Å². The van der Waals surface area contributed by atoms with Crippen LogP contribution in [0.1, 0.15) is 43.8 Å². The van der Waals surface area contributed by atoms with E-state index < -0.39 is 0 Å². The number of aromatic nitrogens is 7. The van der Waals surface area contributed by atoms with Crippen LogP contribution in [0.5, 0.6) is 0 Å². The summed E-state index contributed by atoms with van der Waals surface area (Å²) in [6.45, 7) is 4.22. The Morgan fingerprint density at radius 3 is 2.72 bits per heavy atom. The number of halogens is 1. The van der Waals surface area contributed by atoms with Crippen molar-refractivity contribution in [2.24, 2.45) is 0 Å². The Bertz CT molecular complexity index is 1180. The zero-order chi connectivity index (χ0) is 22.5. The summed E-state index contributed by atoms with van der Waals surface area (Å²) in [5, 5.41) is 14.3. The lowest BCUT2D eigenvalue weighted by molar-refractivity contribution is -0.142. The molecule has 0 fully saturated rings. The first-order chi connectivity index (χ1) is 15.5. The normalized spacial score (nSPS) is 11.1. The van der Waals surface area contributed by atoms with Crippen LogP contribution in [0.25, 0.3) is 17.1 Å². The number of aryl methyl sites for hydroxylation is 1. The molecule has 4 rings (SSSR count). The highest BCUT2D eigenvalue weighted by Gasteiger charge is 2.17. The van der Waals surface area contributed by atoms with E-state index in [2.05, 4.69) is 49.2 Å². The van der Waals surface area contributed by atoms with Crippen LogP contribution in [0.15, 0.2) is 42.7 Å². The van der Waals surface area contributed by atoms with Gasteiger partial charge in [-0.25, -0.2) is 10.1 Å². The molecule has 4 aromatic rings. The summed E-state index contributed by atoms with van der Waals surface area (Å²) in [4.78, 5) is 15.8. The number of esters is 1. The quantitative estimate of drug-likeness (QED) is 0.385. The van der Waals surface area contributed by atoms with Gasteiger partial charge in [0.1, 0.15) is 12.4 Å². The summed E-state index contributed by atoms with van der Waals surface area (Å²) in [7, 11) is 0. The topological polar surface area (TPSA) is 104 Å². The summed E-state index contributed by atoms with van der Waals surface area (Å²) in [5.41, 5.74) is 3.73. The Morgan fingerprint density at radius 1 is 1.22 bits per heavy atom. The van der Waals surface area contributed by atoms with Crippen LogP contribution in [-0.2, 0) is 29.1 Å². The Balaban J connectivity index is 1.55. The molecule has 10 heteroatoms.